The van der Waals surface area contributed by atoms with Crippen molar-refractivity contribution < 1.29 is 9.53 Å². The number of likely N-dealkylation sites (tertiary alicyclic amines) is 1. The molecule has 0 aromatic heterocycles. The second kappa shape index (κ2) is 9.27. The van der Waals surface area contributed by atoms with E-state index in [0.29, 0.717) is 37.6 Å². The van der Waals surface area contributed by atoms with Gasteiger partial charge in [0.25, 0.3) is 0 Å². The van der Waals surface area contributed by atoms with Crippen molar-refractivity contribution in [3.63, 3.8) is 0 Å². The van der Waals surface area contributed by atoms with Gasteiger partial charge in [0.2, 0.25) is 5.91 Å². The van der Waals surface area contributed by atoms with Gasteiger partial charge in [-0.15, -0.1) is 0 Å². The van der Waals surface area contributed by atoms with Crippen LogP contribution in [0.15, 0.2) is 23.2 Å². The number of rotatable bonds is 9. The van der Waals surface area contributed by atoms with Crippen LogP contribution in [0.1, 0.15) is 50.7 Å². The topological polar surface area (TPSA) is 89.6 Å². The molecule has 0 radical (unpaired) electrons. The smallest absolute Gasteiger partial charge is 0.222 e. The lowest BCUT2D eigenvalue weighted by molar-refractivity contribution is -0.135. The quantitative estimate of drug-likeness (QED) is 0.665. The van der Waals surface area contributed by atoms with E-state index in [2.05, 4.69) is 4.99 Å². The average molecular weight is 356 g/mol. The van der Waals surface area contributed by atoms with Crippen molar-refractivity contribution in [2.45, 2.75) is 45.6 Å². The Morgan fingerprint density at radius 1 is 1.42 bits per heavy atom. The van der Waals surface area contributed by atoms with Gasteiger partial charge < -0.3 is 20.5 Å². The van der Waals surface area contributed by atoms with Crippen molar-refractivity contribution in [1.29, 1.82) is 10.8 Å². The monoisotopic (exact) mass is 356 g/mol. The van der Waals surface area contributed by atoms with Crippen molar-refractivity contribution in [1.82, 2.24) is 4.90 Å². The van der Waals surface area contributed by atoms with E-state index in [0.717, 1.165) is 17.5 Å². The summed E-state index contributed by atoms with van der Waals surface area (Å²) in [6, 6.07) is 5.81. The van der Waals surface area contributed by atoms with E-state index in [4.69, 9.17) is 15.6 Å². The highest BCUT2D eigenvalue weighted by molar-refractivity contribution is 5.99. The number of carbonyl (C=O) groups excluding carboxylic acids is 1. The van der Waals surface area contributed by atoms with E-state index < -0.39 is 0 Å². The van der Waals surface area contributed by atoms with Crippen LogP contribution >= 0.6 is 0 Å². The van der Waals surface area contributed by atoms with Gasteiger partial charge in [-0.2, -0.15) is 0 Å². The van der Waals surface area contributed by atoms with Gasteiger partial charge in [-0.3, -0.25) is 9.79 Å². The van der Waals surface area contributed by atoms with Crippen LogP contribution in [0.2, 0.25) is 0 Å². The maximum absolute atomic E-state index is 11.6. The summed E-state index contributed by atoms with van der Waals surface area (Å²) >= 11 is 0. The van der Waals surface area contributed by atoms with Crippen LogP contribution in [-0.4, -0.2) is 54.7 Å². The predicted molar refractivity (Wildman–Crippen MR) is 105 cm³/mol. The SMILES string of the molecule is CCCOc1cc(C(C=N)C=NC2CN(C(=O)CC)C2)ccc1C(C)=N. The first-order valence-electron chi connectivity index (χ1n) is 9.14. The molecule has 1 unspecified atom stereocenters. The van der Waals surface area contributed by atoms with Crippen LogP contribution in [-0.2, 0) is 4.79 Å². The van der Waals surface area contributed by atoms with Gasteiger partial charge in [-0.1, -0.05) is 19.9 Å². The highest BCUT2D eigenvalue weighted by Gasteiger charge is 2.28. The summed E-state index contributed by atoms with van der Waals surface area (Å²) in [4.78, 5) is 17.9. The number of benzene rings is 1. The minimum atomic E-state index is -0.241. The fraction of sp³-hybridized carbons (Fsp3) is 0.500. The van der Waals surface area contributed by atoms with E-state index in [1.165, 1.54) is 6.21 Å². The van der Waals surface area contributed by atoms with Gasteiger partial charge in [0, 0.05) is 43.2 Å². The number of ether oxygens (including phenoxy) is 1. The van der Waals surface area contributed by atoms with Crippen LogP contribution in [0.4, 0.5) is 0 Å². The summed E-state index contributed by atoms with van der Waals surface area (Å²) < 4.78 is 5.79. The molecule has 26 heavy (non-hydrogen) atoms. The van der Waals surface area contributed by atoms with Crippen LogP contribution in [0.5, 0.6) is 5.75 Å². The molecule has 1 amide bonds. The third-order valence-electron chi connectivity index (χ3n) is 4.41. The molecule has 1 atom stereocenters. The number of nitrogens with one attached hydrogen (secondary N) is 2. The molecule has 1 aliphatic heterocycles. The molecule has 140 valence electrons. The second-order valence-electron chi connectivity index (χ2n) is 6.53. The van der Waals surface area contributed by atoms with Gasteiger partial charge in [-0.05, 0) is 31.0 Å². The molecule has 1 aliphatic rings. The number of nitrogens with zero attached hydrogens (tertiary/aromatic N) is 2. The Morgan fingerprint density at radius 3 is 2.73 bits per heavy atom. The van der Waals surface area contributed by atoms with Gasteiger partial charge in [-0.25, -0.2) is 0 Å². The summed E-state index contributed by atoms with van der Waals surface area (Å²) in [6.07, 6.45) is 4.55. The highest BCUT2D eigenvalue weighted by Crippen LogP contribution is 2.25. The fourth-order valence-electron chi connectivity index (χ4n) is 2.80. The summed E-state index contributed by atoms with van der Waals surface area (Å²) in [7, 11) is 0. The maximum atomic E-state index is 11.6. The Balaban J connectivity index is 2.09. The normalized spacial score (nSPS) is 15.6. The van der Waals surface area contributed by atoms with E-state index in [-0.39, 0.29) is 17.9 Å². The molecule has 2 rings (SSSR count). The minimum absolute atomic E-state index is 0.117. The molecule has 1 saturated heterocycles. The Labute approximate surface area is 155 Å². The van der Waals surface area contributed by atoms with Crippen molar-refractivity contribution in [2.24, 2.45) is 4.99 Å². The number of hydrogen-bond donors (Lipinski definition) is 2. The fourth-order valence-corrected chi connectivity index (χ4v) is 2.80. The van der Waals surface area contributed by atoms with Gasteiger partial charge >= 0.3 is 0 Å². The van der Waals surface area contributed by atoms with Crippen molar-refractivity contribution in [2.75, 3.05) is 19.7 Å². The summed E-state index contributed by atoms with van der Waals surface area (Å²) in [5.41, 5.74) is 2.15. The molecular weight excluding hydrogens is 328 g/mol. The molecule has 6 heteroatoms. The third kappa shape index (κ3) is 4.77. The number of hydrogen-bond acceptors (Lipinski definition) is 5. The molecule has 1 aromatic rings. The molecule has 6 nitrogen and oxygen atoms in total. The lowest BCUT2D eigenvalue weighted by Crippen LogP contribution is -2.52. The first kappa shape index (κ1) is 19.8. The Hall–Kier alpha value is -2.50. The molecule has 0 bridgehead atoms. The lowest BCUT2D eigenvalue weighted by Gasteiger charge is -2.36. The second-order valence-corrected chi connectivity index (χ2v) is 6.53. The molecular formula is C20H28N4O2. The zero-order valence-corrected chi connectivity index (χ0v) is 15.8. The van der Waals surface area contributed by atoms with E-state index in [1.807, 2.05) is 32.0 Å². The van der Waals surface area contributed by atoms with Crippen molar-refractivity contribution in [3.05, 3.63) is 29.3 Å². The number of amides is 1. The molecule has 1 fully saturated rings. The van der Waals surface area contributed by atoms with Crippen molar-refractivity contribution in [3.8, 4) is 5.75 Å². The Kier molecular flexibility index (Phi) is 7.06. The maximum Gasteiger partial charge on any atom is 0.222 e. The molecule has 1 aromatic carbocycles. The first-order chi connectivity index (χ1) is 12.5. The Bertz CT molecular complexity index is 693. The summed E-state index contributed by atoms with van der Waals surface area (Å²) in [5, 5.41) is 15.6. The third-order valence-corrected chi connectivity index (χ3v) is 4.41. The van der Waals surface area contributed by atoms with Gasteiger partial charge in [0.15, 0.2) is 0 Å². The van der Waals surface area contributed by atoms with Crippen LogP contribution in [0.25, 0.3) is 0 Å². The standard InChI is InChI=1S/C20H28N4O2/c1-4-8-26-19-9-15(6-7-18(19)14(3)22)16(10-21)11-23-17-12-24(13-17)20(25)5-2/h6-7,9-11,16-17,21-22H,4-5,8,12-13H2,1-3H3. The van der Waals surface area contributed by atoms with E-state index >= 15 is 0 Å². The largest absolute Gasteiger partial charge is 0.493 e. The molecule has 0 spiro atoms. The highest BCUT2D eigenvalue weighted by atomic mass is 16.5. The summed E-state index contributed by atoms with van der Waals surface area (Å²) in [5.74, 6) is 0.603. The van der Waals surface area contributed by atoms with Crippen LogP contribution < -0.4 is 4.74 Å². The van der Waals surface area contributed by atoms with Crippen molar-refractivity contribution >= 4 is 24.0 Å². The predicted octanol–water partition coefficient (Wildman–Crippen LogP) is 3.29. The minimum Gasteiger partial charge on any atom is -0.493 e. The lowest BCUT2D eigenvalue weighted by atomic mass is 9.98. The molecule has 0 saturated carbocycles. The molecule has 0 aliphatic carbocycles. The first-order valence-corrected chi connectivity index (χ1v) is 9.14. The number of carbonyl (C=O) groups is 1. The van der Waals surface area contributed by atoms with E-state index in [9.17, 15) is 4.79 Å². The Morgan fingerprint density at radius 2 is 2.15 bits per heavy atom. The van der Waals surface area contributed by atoms with Gasteiger partial charge in [0.1, 0.15) is 5.75 Å². The van der Waals surface area contributed by atoms with Gasteiger partial charge in [0.05, 0.1) is 18.6 Å². The average Bonchev–Trinajstić information content (AvgIpc) is 2.61. The zero-order valence-electron chi connectivity index (χ0n) is 15.8. The zero-order chi connectivity index (χ0) is 19.1. The van der Waals surface area contributed by atoms with Crippen LogP contribution in [0.3, 0.4) is 0 Å². The van der Waals surface area contributed by atoms with E-state index in [1.54, 1.807) is 18.0 Å². The molecule has 2 N–H and O–H groups in total. The number of aliphatic imine (C=N–C) groups is 1. The summed E-state index contributed by atoms with van der Waals surface area (Å²) in [6.45, 7) is 7.55. The van der Waals surface area contributed by atoms with Crippen LogP contribution in [0, 0.1) is 10.8 Å². The molecule has 1 heterocycles.